The third kappa shape index (κ3) is 7.46. The number of piperazine rings is 1. The van der Waals surface area contributed by atoms with Crippen molar-refractivity contribution >= 4 is 17.4 Å². The fourth-order valence-electron chi connectivity index (χ4n) is 5.79. The first kappa shape index (κ1) is 30.4. The number of carbonyl (C=O) groups is 2. The molecule has 3 aromatic carbocycles. The van der Waals surface area contributed by atoms with E-state index in [1.807, 2.05) is 66.5 Å². The van der Waals surface area contributed by atoms with Crippen molar-refractivity contribution in [3.8, 4) is 5.75 Å². The monoisotopic (exact) mass is 591 g/mol. The quantitative estimate of drug-likeness (QED) is 0.364. The van der Waals surface area contributed by atoms with E-state index in [0.29, 0.717) is 38.0 Å². The Hall–Kier alpha value is -4.11. The Morgan fingerprint density at radius 2 is 1.67 bits per heavy atom. The van der Waals surface area contributed by atoms with E-state index in [9.17, 15) is 22.8 Å². The van der Waals surface area contributed by atoms with Crippen LogP contribution in [0, 0.1) is 0 Å². The summed E-state index contributed by atoms with van der Waals surface area (Å²) in [5.41, 5.74) is 4.03. The fourth-order valence-corrected chi connectivity index (χ4v) is 5.79. The van der Waals surface area contributed by atoms with Crippen LogP contribution in [0.2, 0.25) is 0 Å². The first-order valence-electron chi connectivity index (χ1n) is 14.5. The van der Waals surface area contributed by atoms with Crippen LogP contribution in [0.3, 0.4) is 0 Å². The Morgan fingerprint density at radius 1 is 0.953 bits per heavy atom. The van der Waals surface area contributed by atoms with E-state index in [1.165, 1.54) is 12.1 Å². The van der Waals surface area contributed by atoms with E-state index in [-0.39, 0.29) is 36.3 Å². The van der Waals surface area contributed by atoms with Crippen LogP contribution >= 0.6 is 0 Å². The second kappa shape index (κ2) is 13.0. The molecule has 1 N–H and O–H groups in total. The summed E-state index contributed by atoms with van der Waals surface area (Å²) < 4.78 is 44.6. The van der Waals surface area contributed by atoms with Gasteiger partial charge < -0.3 is 19.9 Å². The molecule has 2 atom stereocenters. The molecule has 2 aliphatic heterocycles. The minimum absolute atomic E-state index is 0.000820. The molecule has 2 amide bonds. The highest BCUT2D eigenvalue weighted by atomic mass is 19.4. The third-order valence-corrected chi connectivity index (χ3v) is 8.13. The lowest BCUT2D eigenvalue weighted by Gasteiger charge is -2.44. The highest BCUT2D eigenvalue weighted by Crippen LogP contribution is 2.34. The van der Waals surface area contributed by atoms with Crippen molar-refractivity contribution in [2.45, 2.75) is 44.4 Å². The molecule has 1 saturated heterocycles. The number of rotatable bonds is 9. The number of fused-ring (bicyclic) bond motifs is 2. The molecule has 6 nitrogen and oxygen atoms in total. The first-order chi connectivity index (χ1) is 20.6. The zero-order valence-electron chi connectivity index (χ0n) is 24.4. The second-order valence-electron chi connectivity index (χ2n) is 11.2. The molecule has 2 heterocycles. The third-order valence-electron chi connectivity index (χ3n) is 8.13. The van der Waals surface area contributed by atoms with Crippen LogP contribution in [-0.2, 0) is 28.6 Å². The highest BCUT2D eigenvalue weighted by molar-refractivity contribution is 6.03. The van der Waals surface area contributed by atoms with Gasteiger partial charge in [0.05, 0.1) is 18.2 Å². The number of benzene rings is 3. The molecule has 2 aliphatic rings. The van der Waals surface area contributed by atoms with Crippen LogP contribution in [0.4, 0.5) is 13.2 Å². The van der Waals surface area contributed by atoms with E-state index in [4.69, 9.17) is 4.74 Å². The molecule has 2 unspecified atom stereocenters. The van der Waals surface area contributed by atoms with Crippen LogP contribution in [0.15, 0.2) is 84.4 Å². The molecule has 226 valence electrons. The first-order valence-corrected chi connectivity index (χ1v) is 14.5. The highest BCUT2D eigenvalue weighted by Gasteiger charge is 2.39. The van der Waals surface area contributed by atoms with Gasteiger partial charge in [0.2, 0.25) is 5.91 Å². The predicted molar refractivity (Wildman–Crippen MR) is 159 cm³/mol. The van der Waals surface area contributed by atoms with Crippen LogP contribution in [0.5, 0.6) is 5.75 Å². The number of carbonyl (C=O) groups excluding carboxylic acids is 2. The van der Waals surface area contributed by atoms with Gasteiger partial charge >= 0.3 is 6.18 Å². The molecule has 5 rings (SSSR count). The van der Waals surface area contributed by atoms with Crippen LogP contribution in [-0.4, -0.2) is 67.0 Å². The normalized spacial score (nSPS) is 18.4. The molecule has 0 aliphatic carbocycles. The van der Waals surface area contributed by atoms with Gasteiger partial charge in [0, 0.05) is 51.6 Å². The van der Waals surface area contributed by atoms with Crippen molar-refractivity contribution in [2.75, 3.05) is 33.3 Å². The van der Waals surface area contributed by atoms with E-state index in [1.54, 1.807) is 11.8 Å². The molecule has 43 heavy (non-hydrogen) atoms. The number of hydrogen-bond donors (Lipinski definition) is 1. The largest absolute Gasteiger partial charge is 0.493 e. The Balaban J connectivity index is 1.32. The molecule has 2 bridgehead atoms. The Morgan fingerprint density at radius 3 is 2.37 bits per heavy atom. The van der Waals surface area contributed by atoms with Gasteiger partial charge in [0.1, 0.15) is 5.75 Å². The van der Waals surface area contributed by atoms with E-state index in [0.717, 1.165) is 40.8 Å². The predicted octanol–water partition coefficient (Wildman–Crippen LogP) is 5.37. The topological polar surface area (TPSA) is 61.9 Å². The number of halogens is 3. The van der Waals surface area contributed by atoms with Crippen molar-refractivity contribution < 1.29 is 27.5 Å². The van der Waals surface area contributed by atoms with Crippen molar-refractivity contribution in [3.05, 3.63) is 107 Å². The smallest absolute Gasteiger partial charge is 0.416 e. The number of amides is 2. The number of likely N-dealkylation sites (N-methyl/N-ethyl adjacent to an activating group) is 1. The molecular weight excluding hydrogens is 555 g/mol. The molecular formula is C34H36F3N3O3. The average molecular weight is 592 g/mol. The maximum absolute atomic E-state index is 13.9. The number of ether oxygens (including phenoxy) is 1. The van der Waals surface area contributed by atoms with Gasteiger partial charge in [0.15, 0.2) is 0 Å². The summed E-state index contributed by atoms with van der Waals surface area (Å²) in [5, 5.41) is 3.58. The molecule has 0 aromatic heterocycles. The van der Waals surface area contributed by atoms with Crippen LogP contribution in [0.1, 0.15) is 35.6 Å². The number of nitrogens with zero attached hydrogens (tertiary/aromatic N) is 2. The number of alkyl halides is 3. The zero-order chi connectivity index (χ0) is 30.6. The van der Waals surface area contributed by atoms with Gasteiger partial charge in [-0.2, -0.15) is 13.2 Å². The molecule has 0 radical (unpaired) electrons. The maximum atomic E-state index is 13.9. The standard InChI is InChI=1S/C34H36F3N3O3/c1-23(41)40-21-28-20-30(32(31(22-40)38-28)33(42)39(2)17-15-24-7-4-3-5-8-24)26-13-11-25(12-14-26)16-18-43-29-10-6-9-27(19-29)34(35,36)37/h3-14,19,28,31,38H,15-18,20-22H2,1-2H3. The maximum Gasteiger partial charge on any atom is 0.416 e. The van der Waals surface area contributed by atoms with Gasteiger partial charge in [-0.1, -0.05) is 60.7 Å². The summed E-state index contributed by atoms with van der Waals surface area (Å²) in [6.45, 7) is 3.39. The summed E-state index contributed by atoms with van der Waals surface area (Å²) in [5.74, 6) is 0.128. The average Bonchev–Trinajstić information content (AvgIpc) is 3.00. The molecule has 0 saturated carbocycles. The number of nitrogens with one attached hydrogen (secondary N) is 1. The SMILES string of the molecule is CC(=O)N1CC2CC(c3ccc(CCOc4cccc(C(F)(F)F)c4)cc3)=C(C(=O)N(C)CCc3ccccc3)C(C1)N2. The molecule has 9 heteroatoms. The molecule has 0 spiro atoms. The summed E-state index contributed by atoms with van der Waals surface area (Å²) in [4.78, 5) is 29.8. The van der Waals surface area contributed by atoms with Crippen molar-refractivity contribution in [1.29, 1.82) is 0 Å². The van der Waals surface area contributed by atoms with Crippen LogP contribution in [0.25, 0.3) is 5.57 Å². The van der Waals surface area contributed by atoms with Gasteiger partial charge in [-0.25, -0.2) is 0 Å². The summed E-state index contributed by atoms with van der Waals surface area (Å²) >= 11 is 0. The van der Waals surface area contributed by atoms with E-state index < -0.39 is 11.7 Å². The summed E-state index contributed by atoms with van der Waals surface area (Å²) in [7, 11) is 1.82. The zero-order valence-corrected chi connectivity index (χ0v) is 24.4. The van der Waals surface area contributed by atoms with Gasteiger partial charge in [-0.3, -0.25) is 9.59 Å². The second-order valence-corrected chi connectivity index (χ2v) is 11.2. The van der Waals surface area contributed by atoms with Crippen LogP contribution < -0.4 is 10.1 Å². The van der Waals surface area contributed by atoms with E-state index >= 15 is 0 Å². The summed E-state index contributed by atoms with van der Waals surface area (Å²) in [6.07, 6.45) is -2.54. The summed E-state index contributed by atoms with van der Waals surface area (Å²) in [6, 6.07) is 22.6. The van der Waals surface area contributed by atoms with Crippen molar-refractivity contribution in [1.82, 2.24) is 15.1 Å². The fraction of sp³-hybridized carbons (Fsp3) is 0.353. The Kier molecular flexibility index (Phi) is 9.20. The lowest BCUT2D eigenvalue weighted by atomic mass is 9.82. The Labute approximate surface area is 250 Å². The van der Waals surface area contributed by atoms with Gasteiger partial charge in [0.25, 0.3) is 5.91 Å². The lowest BCUT2D eigenvalue weighted by Crippen LogP contribution is -2.61. The van der Waals surface area contributed by atoms with Gasteiger partial charge in [-0.05, 0) is 53.3 Å². The van der Waals surface area contributed by atoms with Gasteiger partial charge in [-0.15, -0.1) is 0 Å². The Bertz CT molecular complexity index is 1470. The number of hydrogen-bond acceptors (Lipinski definition) is 4. The minimum atomic E-state index is -4.42. The van der Waals surface area contributed by atoms with E-state index in [2.05, 4.69) is 5.32 Å². The minimum Gasteiger partial charge on any atom is -0.493 e. The lowest BCUT2D eigenvalue weighted by molar-refractivity contribution is -0.137. The van der Waals surface area contributed by atoms with Crippen molar-refractivity contribution in [3.63, 3.8) is 0 Å². The van der Waals surface area contributed by atoms with Crippen molar-refractivity contribution in [2.24, 2.45) is 0 Å². The molecule has 1 fully saturated rings. The molecule has 3 aromatic rings.